The van der Waals surface area contributed by atoms with Crippen LogP contribution in [0.25, 0.3) is 33.3 Å². The number of hydrogen-bond acceptors (Lipinski definition) is 8. The van der Waals surface area contributed by atoms with Gasteiger partial charge in [-0.15, -0.1) is 0 Å². The third-order valence-corrected chi connectivity index (χ3v) is 6.00. The molecule has 0 aliphatic heterocycles. The number of nitrogens with zero attached hydrogens (tertiary/aromatic N) is 5. The molecule has 0 radical (unpaired) electrons. The number of aliphatic hydroxyl groups is 1. The number of H-pyrrole nitrogens is 1. The van der Waals surface area contributed by atoms with Crippen molar-refractivity contribution in [1.29, 1.82) is 0 Å². The van der Waals surface area contributed by atoms with Gasteiger partial charge in [-0.1, -0.05) is 42.1 Å². The Hall–Kier alpha value is -4.18. The first-order valence-corrected chi connectivity index (χ1v) is 11.0. The Morgan fingerprint density at radius 2 is 1.91 bits per heavy atom. The van der Waals surface area contributed by atoms with Crippen molar-refractivity contribution >= 4 is 45.4 Å². The van der Waals surface area contributed by atoms with Crippen LogP contribution in [0, 0.1) is 0 Å². The summed E-state index contributed by atoms with van der Waals surface area (Å²) in [6.45, 7) is 0. The van der Waals surface area contributed by atoms with Crippen LogP contribution in [0.15, 0.2) is 77.9 Å². The fourth-order valence-corrected chi connectivity index (χ4v) is 4.27. The zero-order chi connectivity index (χ0) is 22.8. The van der Waals surface area contributed by atoms with E-state index < -0.39 is 5.97 Å². The highest BCUT2D eigenvalue weighted by molar-refractivity contribution is 7.99. The lowest BCUT2D eigenvalue weighted by Crippen LogP contribution is -2.10. The summed E-state index contributed by atoms with van der Waals surface area (Å²) in [5, 5.41) is 16.6. The van der Waals surface area contributed by atoms with Crippen LogP contribution in [0.3, 0.4) is 0 Å². The van der Waals surface area contributed by atoms with Crippen molar-refractivity contribution < 1.29 is 14.6 Å². The van der Waals surface area contributed by atoms with Crippen molar-refractivity contribution in [3.05, 3.63) is 78.7 Å². The molecule has 10 heteroatoms. The predicted octanol–water partition coefficient (Wildman–Crippen LogP) is 3.93. The fourth-order valence-electron chi connectivity index (χ4n) is 3.43. The van der Waals surface area contributed by atoms with Crippen molar-refractivity contribution in [2.75, 3.05) is 12.9 Å². The number of nitrogens with one attached hydrogen (secondary N) is 1. The maximum Gasteiger partial charge on any atom is 0.345 e. The molecule has 0 spiro atoms. The number of esters is 1. The molecule has 0 unspecified atom stereocenters. The second kappa shape index (κ2) is 8.75. The number of rotatable bonds is 6. The van der Waals surface area contributed by atoms with Gasteiger partial charge in [-0.3, -0.25) is 0 Å². The summed E-state index contributed by atoms with van der Waals surface area (Å²) in [5.41, 5.74) is 2.93. The summed E-state index contributed by atoms with van der Waals surface area (Å²) in [4.78, 5) is 28.7. The Balaban J connectivity index is 1.48. The Morgan fingerprint density at radius 3 is 2.70 bits per heavy atom. The summed E-state index contributed by atoms with van der Waals surface area (Å²) in [6, 6.07) is 17.0. The molecule has 9 nitrogen and oxygen atoms in total. The zero-order valence-electron chi connectivity index (χ0n) is 17.5. The molecule has 5 rings (SSSR count). The molecule has 3 heterocycles. The van der Waals surface area contributed by atoms with Crippen LogP contribution in [0.4, 0.5) is 0 Å². The van der Waals surface area contributed by atoms with Gasteiger partial charge in [0.15, 0.2) is 5.65 Å². The Morgan fingerprint density at radius 1 is 1.12 bits per heavy atom. The van der Waals surface area contributed by atoms with E-state index in [9.17, 15) is 9.90 Å². The minimum atomic E-state index is -0.683. The number of aliphatic hydroxyl groups excluding tert-OH is 1. The van der Waals surface area contributed by atoms with Crippen molar-refractivity contribution in [3.8, 4) is 5.69 Å². The van der Waals surface area contributed by atoms with Gasteiger partial charge in [0.25, 0.3) is 0 Å². The monoisotopic (exact) mass is 458 g/mol. The number of methoxy groups -OCH3 is 1. The summed E-state index contributed by atoms with van der Waals surface area (Å²) in [5.74, 6) is -0.541. The summed E-state index contributed by atoms with van der Waals surface area (Å²) in [7, 11) is 1.26. The van der Waals surface area contributed by atoms with Crippen LogP contribution >= 0.6 is 11.8 Å². The summed E-state index contributed by atoms with van der Waals surface area (Å²) >= 11 is 1.26. The van der Waals surface area contributed by atoms with E-state index in [0.717, 1.165) is 16.6 Å². The summed E-state index contributed by atoms with van der Waals surface area (Å²) < 4.78 is 6.62. The molecule has 3 aromatic heterocycles. The average molecular weight is 459 g/mol. The summed E-state index contributed by atoms with van der Waals surface area (Å²) in [6.07, 6.45) is 3.14. The zero-order valence-corrected chi connectivity index (χ0v) is 18.3. The first-order valence-electron chi connectivity index (χ1n) is 9.98. The SMILES string of the molecule is COC(=O)/C(=C(/O)CSc1ncnc2c1cnn2-c1ccccc1)c1nc2ccccc2[nH]1. The van der Waals surface area contributed by atoms with Gasteiger partial charge in [0.05, 0.1) is 41.2 Å². The van der Waals surface area contributed by atoms with Gasteiger partial charge < -0.3 is 14.8 Å². The maximum absolute atomic E-state index is 12.5. The number of fused-ring (bicyclic) bond motifs is 2. The van der Waals surface area contributed by atoms with E-state index >= 15 is 0 Å². The normalized spacial score (nSPS) is 12.2. The minimum Gasteiger partial charge on any atom is -0.510 e. The van der Waals surface area contributed by atoms with Crippen molar-refractivity contribution in [3.63, 3.8) is 0 Å². The van der Waals surface area contributed by atoms with Crippen molar-refractivity contribution in [2.24, 2.45) is 0 Å². The number of thioether (sulfide) groups is 1. The predicted molar refractivity (Wildman–Crippen MR) is 125 cm³/mol. The van der Waals surface area contributed by atoms with Crippen molar-refractivity contribution in [1.82, 2.24) is 29.7 Å². The molecule has 33 heavy (non-hydrogen) atoms. The number of imidazole rings is 1. The number of hydrogen-bond donors (Lipinski definition) is 2. The Kier molecular flexibility index (Phi) is 5.49. The van der Waals surface area contributed by atoms with Gasteiger partial charge in [0.2, 0.25) is 0 Å². The van der Waals surface area contributed by atoms with Crippen LogP contribution in [-0.2, 0) is 9.53 Å². The highest BCUT2D eigenvalue weighted by Crippen LogP contribution is 2.29. The Labute approximate surface area is 192 Å². The average Bonchev–Trinajstić information content (AvgIpc) is 3.47. The fraction of sp³-hybridized carbons (Fsp3) is 0.0870. The molecule has 2 N–H and O–H groups in total. The molecule has 2 aromatic carbocycles. The van der Waals surface area contributed by atoms with Crippen LogP contribution in [0.2, 0.25) is 0 Å². The Bertz CT molecular complexity index is 1460. The minimum absolute atomic E-state index is 0.0218. The first kappa shape index (κ1) is 20.7. The third kappa shape index (κ3) is 3.92. The second-order valence-corrected chi connectivity index (χ2v) is 7.98. The molecule has 0 aliphatic carbocycles. The molecule has 0 fully saturated rings. The molecule has 0 aliphatic rings. The number of carbonyl (C=O) groups is 1. The van der Waals surface area contributed by atoms with Crippen molar-refractivity contribution in [2.45, 2.75) is 5.03 Å². The smallest absolute Gasteiger partial charge is 0.345 e. The van der Waals surface area contributed by atoms with Gasteiger partial charge in [0.1, 0.15) is 28.5 Å². The largest absolute Gasteiger partial charge is 0.510 e. The molecular formula is C23H18N6O3S. The van der Waals surface area contributed by atoms with E-state index in [1.165, 1.54) is 25.2 Å². The standard InChI is InChI=1S/C23H18N6O3S/c1-32-23(31)19(20-27-16-9-5-6-10-17(16)28-20)18(30)12-33-22-15-11-26-29(21(15)24-13-25-22)14-7-3-2-4-8-14/h2-11,13,30H,12H2,1H3,(H,27,28)/b19-18+. The highest BCUT2D eigenvalue weighted by Gasteiger charge is 2.23. The van der Waals surface area contributed by atoms with E-state index in [2.05, 4.69) is 25.0 Å². The van der Waals surface area contributed by atoms with E-state index in [-0.39, 0.29) is 22.9 Å². The van der Waals surface area contributed by atoms with Gasteiger partial charge in [-0.2, -0.15) is 5.10 Å². The molecule has 0 atom stereocenters. The first-order chi connectivity index (χ1) is 16.2. The molecule has 164 valence electrons. The quantitative estimate of drug-likeness (QED) is 0.129. The second-order valence-electron chi connectivity index (χ2n) is 7.01. The number of aromatic amines is 1. The van der Waals surface area contributed by atoms with Crippen LogP contribution in [-0.4, -0.2) is 53.7 Å². The lowest BCUT2D eigenvalue weighted by molar-refractivity contribution is -0.133. The van der Waals surface area contributed by atoms with Gasteiger partial charge >= 0.3 is 5.97 Å². The van der Waals surface area contributed by atoms with E-state index in [1.54, 1.807) is 10.9 Å². The number of ether oxygens (including phenoxy) is 1. The maximum atomic E-state index is 12.5. The lowest BCUT2D eigenvalue weighted by atomic mass is 10.2. The van der Waals surface area contributed by atoms with E-state index in [0.29, 0.717) is 16.2 Å². The number of aromatic nitrogens is 6. The number of benzene rings is 2. The molecule has 5 aromatic rings. The van der Waals surface area contributed by atoms with Crippen LogP contribution in [0.5, 0.6) is 0 Å². The van der Waals surface area contributed by atoms with Crippen LogP contribution in [0.1, 0.15) is 5.82 Å². The molecule has 0 saturated carbocycles. The van der Waals surface area contributed by atoms with E-state index in [1.807, 2.05) is 54.6 Å². The van der Waals surface area contributed by atoms with Gasteiger partial charge in [-0.05, 0) is 24.3 Å². The van der Waals surface area contributed by atoms with E-state index in [4.69, 9.17) is 4.74 Å². The molecule has 0 amide bonds. The van der Waals surface area contributed by atoms with Gasteiger partial charge in [-0.25, -0.2) is 24.4 Å². The molecule has 0 saturated heterocycles. The molecule has 0 bridgehead atoms. The number of carbonyl (C=O) groups excluding carboxylic acids is 1. The van der Waals surface area contributed by atoms with Gasteiger partial charge in [0, 0.05) is 0 Å². The highest BCUT2D eigenvalue weighted by atomic mass is 32.2. The topological polar surface area (TPSA) is 119 Å². The van der Waals surface area contributed by atoms with Crippen LogP contribution < -0.4 is 0 Å². The lowest BCUT2D eigenvalue weighted by Gasteiger charge is -2.07. The third-order valence-electron chi connectivity index (χ3n) is 4.98. The molecular weight excluding hydrogens is 440 g/mol. The number of para-hydroxylation sites is 3.